The second-order valence-electron chi connectivity index (χ2n) is 7.29. The Balaban J connectivity index is 1.81. The van der Waals surface area contributed by atoms with Crippen LogP contribution in [0.4, 0.5) is 5.69 Å². The monoisotopic (exact) mass is 415 g/mol. The summed E-state index contributed by atoms with van der Waals surface area (Å²) in [6, 6.07) is 7.13. The predicted octanol–water partition coefficient (Wildman–Crippen LogP) is 1.53. The molecule has 2 saturated heterocycles. The number of carbonyl (C=O) groups is 3. The van der Waals surface area contributed by atoms with Crippen LogP contribution in [-0.2, 0) is 23.9 Å². The van der Waals surface area contributed by atoms with Crippen LogP contribution < -0.4 is 5.32 Å². The lowest BCUT2D eigenvalue weighted by Gasteiger charge is -2.31. The van der Waals surface area contributed by atoms with E-state index in [2.05, 4.69) is 5.32 Å². The molecule has 162 valence electrons. The first-order chi connectivity index (χ1) is 14.6. The third kappa shape index (κ3) is 5.90. The standard InChI is InChI=1S/C22H29N3O5/c1-2-3-20(26)23-18-6-4-17(5-7-18)16-19(21(27)24-8-12-29-13-9-24)22(28)25-10-14-30-15-11-25/h4-7,16H,2-3,8-15H2,1H3,(H,23,26). The van der Waals surface area contributed by atoms with Crippen molar-refractivity contribution in [2.75, 3.05) is 57.9 Å². The van der Waals surface area contributed by atoms with E-state index in [1.165, 1.54) is 0 Å². The van der Waals surface area contributed by atoms with Crippen molar-refractivity contribution in [3.05, 3.63) is 35.4 Å². The number of carbonyl (C=O) groups excluding carboxylic acids is 3. The highest BCUT2D eigenvalue weighted by molar-refractivity contribution is 6.21. The van der Waals surface area contributed by atoms with Gasteiger partial charge >= 0.3 is 0 Å². The quantitative estimate of drug-likeness (QED) is 0.432. The fourth-order valence-corrected chi connectivity index (χ4v) is 3.37. The van der Waals surface area contributed by atoms with E-state index >= 15 is 0 Å². The average molecular weight is 415 g/mol. The third-order valence-corrected chi connectivity index (χ3v) is 5.04. The number of nitrogens with zero attached hydrogens (tertiary/aromatic N) is 2. The fraction of sp³-hybridized carbons (Fsp3) is 0.500. The van der Waals surface area contributed by atoms with Gasteiger partial charge in [0.05, 0.1) is 26.4 Å². The summed E-state index contributed by atoms with van der Waals surface area (Å²) in [5.41, 5.74) is 1.55. The maximum Gasteiger partial charge on any atom is 0.259 e. The molecule has 2 aliphatic rings. The normalized spacial score (nSPS) is 16.7. The van der Waals surface area contributed by atoms with E-state index < -0.39 is 0 Å². The molecular weight excluding hydrogens is 386 g/mol. The summed E-state index contributed by atoms with van der Waals surface area (Å²) >= 11 is 0. The maximum atomic E-state index is 13.1. The van der Waals surface area contributed by atoms with Gasteiger partial charge in [-0.2, -0.15) is 0 Å². The molecule has 0 radical (unpaired) electrons. The molecule has 2 aliphatic heterocycles. The zero-order valence-electron chi connectivity index (χ0n) is 17.4. The molecule has 0 aromatic heterocycles. The molecule has 0 atom stereocenters. The Morgan fingerprint density at radius 1 is 0.900 bits per heavy atom. The van der Waals surface area contributed by atoms with Crippen molar-refractivity contribution in [2.24, 2.45) is 0 Å². The Labute approximate surface area is 176 Å². The van der Waals surface area contributed by atoms with Gasteiger partial charge in [0.15, 0.2) is 0 Å². The van der Waals surface area contributed by atoms with Gasteiger partial charge in [0, 0.05) is 38.3 Å². The lowest BCUT2D eigenvalue weighted by molar-refractivity contribution is -0.138. The Bertz CT molecular complexity index is 746. The van der Waals surface area contributed by atoms with E-state index in [1.807, 2.05) is 6.92 Å². The van der Waals surface area contributed by atoms with Gasteiger partial charge in [-0.3, -0.25) is 14.4 Å². The van der Waals surface area contributed by atoms with Crippen LogP contribution in [0.5, 0.6) is 0 Å². The first kappa shape index (κ1) is 22.0. The van der Waals surface area contributed by atoms with Gasteiger partial charge in [0.1, 0.15) is 5.57 Å². The van der Waals surface area contributed by atoms with Crippen LogP contribution in [0.2, 0.25) is 0 Å². The topological polar surface area (TPSA) is 88.2 Å². The van der Waals surface area contributed by atoms with Gasteiger partial charge in [0.2, 0.25) is 5.91 Å². The number of hydrogen-bond acceptors (Lipinski definition) is 5. The minimum Gasteiger partial charge on any atom is -0.378 e. The Kier molecular flexibility index (Phi) is 7.98. The number of rotatable bonds is 6. The van der Waals surface area contributed by atoms with Crippen molar-refractivity contribution >= 4 is 29.5 Å². The molecule has 3 rings (SSSR count). The molecular formula is C22H29N3O5. The van der Waals surface area contributed by atoms with Crippen LogP contribution in [0.15, 0.2) is 29.8 Å². The molecule has 0 spiro atoms. The van der Waals surface area contributed by atoms with Crippen molar-refractivity contribution in [1.29, 1.82) is 0 Å². The van der Waals surface area contributed by atoms with Crippen molar-refractivity contribution in [3.63, 3.8) is 0 Å². The highest BCUT2D eigenvalue weighted by Gasteiger charge is 2.29. The second kappa shape index (κ2) is 10.9. The maximum absolute atomic E-state index is 13.1. The molecule has 2 fully saturated rings. The minimum atomic E-state index is -0.282. The van der Waals surface area contributed by atoms with Crippen LogP contribution in [0.25, 0.3) is 6.08 Å². The molecule has 1 N–H and O–H groups in total. The minimum absolute atomic E-state index is 0.0357. The zero-order valence-corrected chi connectivity index (χ0v) is 17.4. The number of hydrogen-bond donors (Lipinski definition) is 1. The van der Waals surface area contributed by atoms with Crippen LogP contribution in [0, 0.1) is 0 Å². The summed E-state index contributed by atoms with van der Waals surface area (Å²) in [7, 11) is 0. The van der Waals surface area contributed by atoms with E-state index in [-0.39, 0.29) is 23.3 Å². The molecule has 0 saturated carbocycles. The molecule has 30 heavy (non-hydrogen) atoms. The SMILES string of the molecule is CCCC(=O)Nc1ccc(C=C(C(=O)N2CCOCC2)C(=O)N2CCOCC2)cc1. The van der Waals surface area contributed by atoms with Crippen LogP contribution in [0.3, 0.4) is 0 Å². The smallest absolute Gasteiger partial charge is 0.259 e. The predicted molar refractivity (Wildman–Crippen MR) is 113 cm³/mol. The summed E-state index contributed by atoms with van der Waals surface area (Å²) in [4.78, 5) is 41.4. The molecule has 2 heterocycles. The lowest BCUT2D eigenvalue weighted by atomic mass is 10.1. The average Bonchev–Trinajstić information content (AvgIpc) is 2.79. The highest BCUT2D eigenvalue weighted by Crippen LogP contribution is 2.17. The van der Waals surface area contributed by atoms with Gasteiger partial charge in [-0.15, -0.1) is 0 Å². The number of nitrogens with one attached hydrogen (secondary N) is 1. The fourth-order valence-electron chi connectivity index (χ4n) is 3.37. The summed E-state index contributed by atoms with van der Waals surface area (Å²) in [6.07, 6.45) is 2.88. The van der Waals surface area contributed by atoms with Crippen molar-refractivity contribution in [2.45, 2.75) is 19.8 Å². The van der Waals surface area contributed by atoms with E-state index in [1.54, 1.807) is 40.1 Å². The Morgan fingerprint density at radius 3 is 1.87 bits per heavy atom. The number of amides is 3. The molecule has 8 nitrogen and oxygen atoms in total. The second-order valence-corrected chi connectivity index (χ2v) is 7.29. The van der Waals surface area contributed by atoms with Gasteiger partial charge < -0.3 is 24.6 Å². The molecule has 1 aromatic carbocycles. The number of ether oxygens (including phenoxy) is 2. The lowest BCUT2D eigenvalue weighted by Crippen LogP contribution is -2.47. The number of benzene rings is 1. The molecule has 0 unspecified atom stereocenters. The first-order valence-corrected chi connectivity index (χ1v) is 10.4. The molecule has 0 bridgehead atoms. The van der Waals surface area contributed by atoms with Gasteiger partial charge in [-0.25, -0.2) is 0 Å². The van der Waals surface area contributed by atoms with Gasteiger partial charge in [-0.05, 0) is 30.2 Å². The zero-order chi connectivity index (χ0) is 21.3. The van der Waals surface area contributed by atoms with Crippen LogP contribution >= 0.6 is 0 Å². The first-order valence-electron chi connectivity index (χ1n) is 10.4. The third-order valence-electron chi connectivity index (χ3n) is 5.04. The summed E-state index contributed by atoms with van der Waals surface area (Å²) in [5.74, 6) is -0.600. The number of morpholine rings is 2. The summed E-state index contributed by atoms with van der Waals surface area (Å²) < 4.78 is 10.7. The van der Waals surface area contributed by atoms with Crippen molar-refractivity contribution in [3.8, 4) is 0 Å². The van der Waals surface area contributed by atoms with Gasteiger partial charge in [0.25, 0.3) is 11.8 Å². The van der Waals surface area contributed by atoms with E-state index in [0.29, 0.717) is 64.7 Å². The van der Waals surface area contributed by atoms with Crippen LogP contribution in [-0.4, -0.2) is 80.1 Å². The Morgan fingerprint density at radius 2 is 1.40 bits per heavy atom. The van der Waals surface area contributed by atoms with E-state index in [0.717, 1.165) is 12.0 Å². The van der Waals surface area contributed by atoms with E-state index in [9.17, 15) is 14.4 Å². The largest absolute Gasteiger partial charge is 0.378 e. The van der Waals surface area contributed by atoms with Gasteiger partial charge in [-0.1, -0.05) is 19.1 Å². The Hall–Kier alpha value is -2.71. The van der Waals surface area contributed by atoms with E-state index in [4.69, 9.17) is 9.47 Å². The van der Waals surface area contributed by atoms with Crippen molar-refractivity contribution < 1.29 is 23.9 Å². The molecule has 3 amide bonds. The summed E-state index contributed by atoms with van der Waals surface area (Å²) in [5, 5.41) is 2.83. The number of anilines is 1. The molecule has 1 aromatic rings. The highest BCUT2D eigenvalue weighted by atomic mass is 16.5. The summed E-state index contributed by atoms with van der Waals surface area (Å²) in [6.45, 7) is 5.70. The molecule has 8 heteroatoms. The van der Waals surface area contributed by atoms with Crippen LogP contribution in [0.1, 0.15) is 25.3 Å². The van der Waals surface area contributed by atoms with Crippen molar-refractivity contribution in [1.82, 2.24) is 9.80 Å². The molecule has 0 aliphatic carbocycles.